The highest BCUT2D eigenvalue weighted by Gasteiger charge is 2.15. The van der Waals surface area contributed by atoms with Gasteiger partial charge in [0.15, 0.2) is 5.82 Å². The Kier molecular flexibility index (Phi) is 7.17. The average molecular weight is 305 g/mol. The number of rotatable bonds is 5. The van der Waals surface area contributed by atoms with E-state index in [9.17, 15) is 4.57 Å². The Morgan fingerprint density at radius 1 is 1.67 bits per heavy atom. The summed E-state index contributed by atoms with van der Waals surface area (Å²) in [6.07, 6.45) is 1.09. The van der Waals surface area contributed by atoms with Crippen LogP contribution in [0.15, 0.2) is 11.9 Å². The first-order valence-electron chi connectivity index (χ1n) is 3.25. The molecule has 0 radical (unpaired) electrons. The summed E-state index contributed by atoms with van der Waals surface area (Å²) < 4.78 is 20.2. The minimum Gasteiger partial charge on any atom is -0.374 e. The standard InChI is InChI=1S/C6H10IO4P/c1-5(11-7)6(10-2)3-4-12(8)9/h3-6H,1-2H3/p+1/b4-3+. The van der Waals surface area contributed by atoms with Gasteiger partial charge in [0, 0.05) is 7.11 Å². The maximum absolute atomic E-state index is 10.3. The molecule has 0 spiro atoms. The normalized spacial score (nSPS) is 17.8. The lowest BCUT2D eigenvalue weighted by atomic mass is 10.2. The topological polar surface area (TPSA) is 55.8 Å². The number of ether oxygens (including phenoxy) is 1. The highest BCUT2D eigenvalue weighted by Crippen LogP contribution is 2.17. The molecule has 3 unspecified atom stereocenters. The van der Waals surface area contributed by atoms with Gasteiger partial charge in [0.05, 0.1) is 6.10 Å². The molecular formula is C6H11IO4P+. The van der Waals surface area contributed by atoms with Crippen LogP contribution in [0.1, 0.15) is 6.92 Å². The van der Waals surface area contributed by atoms with Crippen molar-refractivity contribution in [3.05, 3.63) is 11.9 Å². The highest BCUT2D eigenvalue weighted by molar-refractivity contribution is 14.1. The SMILES string of the molecule is COC(/C=C/[P+](=O)O)C(C)OI. The van der Waals surface area contributed by atoms with Crippen molar-refractivity contribution in [1.29, 1.82) is 0 Å². The van der Waals surface area contributed by atoms with Gasteiger partial charge in [0.2, 0.25) is 0 Å². The lowest BCUT2D eigenvalue weighted by Crippen LogP contribution is -2.22. The van der Waals surface area contributed by atoms with Crippen LogP contribution in [0.3, 0.4) is 0 Å². The molecule has 0 aromatic rings. The largest absolute Gasteiger partial charge is 0.537 e. The Morgan fingerprint density at radius 3 is 2.58 bits per heavy atom. The van der Waals surface area contributed by atoms with Crippen LogP contribution < -0.4 is 0 Å². The third-order valence-electron chi connectivity index (χ3n) is 1.28. The van der Waals surface area contributed by atoms with E-state index >= 15 is 0 Å². The number of halogens is 1. The molecule has 0 aliphatic heterocycles. The van der Waals surface area contributed by atoms with Crippen molar-refractivity contribution < 1.29 is 17.3 Å². The second kappa shape index (κ2) is 6.91. The van der Waals surface area contributed by atoms with E-state index in [2.05, 4.69) is 0 Å². The van der Waals surface area contributed by atoms with Crippen molar-refractivity contribution in [3.8, 4) is 0 Å². The van der Waals surface area contributed by atoms with Crippen LogP contribution in [0.4, 0.5) is 0 Å². The molecule has 0 fully saturated rings. The summed E-state index contributed by atoms with van der Waals surface area (Å²) in [4.78, 5) is 8.48. The van der Waals surface area contributed by atoms with E-state index in [1.807, 2.05) is 6.92 Å². The summed E-state index contributed by atoms with van der Waals surface area (Å²) in [5.74, 6) is 1.19. The van der Waals surface area contributed by atoms with E-state index in [1.165, 1.54) is 19.0 Å². The Hall–Kier alpha value is 0.450. The van der Waals surface area contributed by atoms with Gasteiger partial charge in [0.1, 0.15) is 29.1 Å². The van der Waals surface area contributed by atoms with Gasteiger partial charge in [-0.3, -0.25) is 0 Å². The maximum atomic E-state index is 10.3. The van der Waals surface area contributed by atoms with Gasteiger partial charge in [-0.15, -0.1) is 0 Å². The molecule has 0 amide bonds. The summed E-state index contributed by atoms with van der Waals surface area (Å²) in [6.45, 7) is 1.81. The molecule has 0 saturated carbocycles. The van der Waals surface area contributed by atoms with Crippen molar-refractivity contribution in [2.75, 3.05) is 7.11 Å². The van der Waals surface area contributed by atoms with Crippen LogP contribution in [0.5, 0.6) is 0 Å². The van der Waals surface area contributed by atoms with Gasteiger partial charge >= 0.3 is 8.03 Å². The first kappa shape index (κ1) is 12.4. The Balaban J connectivity index is 4.07. The third kappa shape index (κ3) is 5.16. The van der Waals surface area contributed by atoms with Gasteiger partial charge in [-0.2, -0.15) is 4.89 Å². The molecule has 0 aromatic carbocycles. The van der Waals surface area contributed by atoms with E-state index < -0.39 is 8.03 Å². The predicted octanol–water partition coefficient (Wildman–Crippen LogP) is 2.00. The zero-order chi connectivity index (χ0) is 9.56. The molecule has 12 heavy (non-hydrogen) atoms. The first-order valence-corrected chi connectivity index (χ1v) is 5.41. The summed E-state index contributed by atoms with van der Waals surface area (Å²) in [5.41, 5.74) is 0. The zero-order valence-corrected chi connectivity index (χ0v) is 9.86. The number of methoxy groups -OCH3 is 1. The molecular weight excluding hydrogens is 294 g/mol. The first-order chi connectivity index (χ1) is 5.61. The second-order valence-electron chi connectivity index (χ2n) is 2.14. The van der Waals surface area contributed by atoms with Gasteiger partial charge in [0.25, 0.3) is 0 Å². The fraction of sp³-hybridized carbons (Fsp3) is 0.667. The summed E-state index contributed by atoms with van der Waals surface area (Å²) in [5, 5.41) is 0. The molecule has 0 aromatic heterocycles. The van der Waals surface area contributed by atoms with Crippen LogP contribution in [-0.2, 0) is 12.4 Å². The fourth-order valence-corrected chi connectivity index (χ4v) is 1.24. The van der Waals surface area contributed by atoms with Crippen LogP contribution >= 0.6 is 31.0 Å². The molecule has 3 atom stereocenters. The molecule has 0 aliphatic carbocycles. The smallest absolute Gasteiger partial charge is 0.374 e. The van der Waals surface area contributed by atoms with Gasteiger partial charge in [-0.25, -0.2) is 0 Å². The Morgan fingerprint density at radius 2 is 2.25 bits per heavy atom. The molecule has 0 rings (SSSR count). The Bertz CT molecular complexity index is 173. The van der Waals surface area contributed by atoms with Crippen LogP contribution in [0.2, 0.25) is 0 Å². The van der Waals surface area contributed by atoms with Gasteiger partial charge < -0.3 is 7.80 Å². The fourth-order valence-electron chi connectivity index (χ4n) is 0.636. The average Bonchev–Trinajstić information content (AvgIpc) is 2.04. The van der Waals surface area contributed by atoms with E-state index in [-0.39, 0.29) is 12.2 Å². The molecule has 0 heterocycles. The quantitative estimate of drug-likeness (QED) is 0.623. The molecule has 70 valence electrons. The summed E-state index contributed by atoms with van der Waals surface area (Å²) >= 11 is 1.76. The van der Waals surface area contributed by atoms with Crippen molar-refractivity contribution in [3.63, 3.8) is 0 Å². The predicted molar refractivity (Wildman–Crippen MR) is 54.3 cm³/mol. The number of hydrogen-bond acceptors (Lipinski definition) is 3. The van der Waals surface area contributed by atoms with E-state index in [0.717, 1.165) is 0 Å². The van der Waals surface area contributed by atoms with Crippen molar-refractivity contribution in [2.24, 2.45) is 0 Å². The van der Waals surface area contributed by atoms with Gasteiger partial charge in [-0.05, 0) is 17.6 Å². The van der Waals surface area contributed by atoms with Crippen LogP contribution in [-0.4, -0.2) is 24.2 Å². The van der Waals surface area contributed by atoms with E-state index in [1.54, 1.807) is 23.0 Å². The molecule has 4 nitrogen and oxygen atoms in total. The van der Waals surface area contributed by atoms with Crippen molar-refractivity contribution in [1.82, 2.24) is 0 Å². The van der Waals surface area contributed by atoms with Gasteiger partial charge in [-0.1, -0.05) is 0 Å². The zero-order valence-electron chi connectivity index (χ0n) is 6.81. The molecule has 0 bridgehead atoms. The molecule has 1 N–H and O–H groups in total. The maximum Gasteiger partial charge on any atom is 0.537 e. The number of hydrogen-bond donors (Lipinski definition) is 1. The van der Waals surface area contributed by atoms with E-state index in [0.29, 0.717) is 0 Å². The minimum absolute atomic E-state index is 0.137. The van der Waals surface area contributed by atoms with E-state index in [4.69, 9.17) is 12.7 Å². The molecule has 6 heteroatoms. The molecule has 0 aliphatic rings. The van der Waals surface area contributed by atoms with Crippen molar-refractivity contribution in [2.45, 2.75) is 19.1 Å². The lowest BCUT2D eigenvalue weighted by molar-refractivity contribution is 0.0633. The lowest BCUT2D eigenvalue weighted by Gasteiger charge is -2.14. The highest BCUT2D eigenvalue weighted by atomic mass is 127. The summed E-state index contributed by atoms with van der Waals surface area (Å²) in [6, 6.07) is 0. The summed E-state index contributed by atoms with van der Waals surface area (Å²) in [7, 11) is -0.718. The second-order valence-corrected chi connectivity index (χ2v) is 3.55. The molecule has 0 saturated heterocycles. The Labute approximate surface area is 86.5 Å². The van der Waals surface area contributed by atoms with Crippen molar-refractivity contribution >= 4 is 31.0 Å². The minimum atomic E-state index is -2.24. The van der Waals surface area contributed by atoms with Crippen LogP contribution in [0.25, 0.3) is 0 Å². The third-order valence-corrected chi connectivity index (χ3v) is 2.51. The monoisotopic (exact) mass is 305 g/mol. The van der Waals surface area contributed by atoms with Crippen LogP contribution in [0, 0.1) is 0 Å².